The summed E-state index contributed by atoms with van der Waals surface area (Å²) in [5.74, 6) is -0.105. The highest BCUT2D eigenvalue weighted by Crippen LogP contribution is 2.25. The Kier molecular flexibility index (Phi) is 5.83. The van der Waals surface area contributed by atoms with E-state index in [1.807, 2.05) is 0 Å². The standard InChI is InChI=1S/C13H19ClN2O3S/c1-4-13(17)15-7-8-16(20(3,18)19)12-6-5-11(14)9-10(12)2/h5-6,9H,4,7-8H2,1-3H3,(H,15,17). The van der Waals surface area contributed by atoms with E-state index in [9.17, 15) is 13.2 Å². The molecular formula is C13H19ClN2O3S. The van der Waals surface area contributed by atoms with Crippen LogP contribution in [0.15, 0.2) is 18.2 Å². The molecule has 5 nitrogen and oxygen atoms in total. The summed E-state index contributed by atoms with van der Waals surface area (Å²) >= 11 is 5.88. The van der Waals surface area contributed by atoms with Crippen LogP contribution in [-0.4, -0.2) is 33.7 Å². The summed E-state index contributed by atoms with van der Waals surface area (Å²) in [5.41, 5.74) is 1.34. The topological polar surface area (TPSA) is 66.5 Å². The number of nitrogens with one attached hydrogen (secondary N) is 1. The predicted molar refractivity (Wildman–Crippen MR) is 81.7 cm³/mol. The molecule has 0 atom stereocenters. The molecule has 0 spiro atoms. The third kappa shape index (κ3) is 4.68. The fourth-order valence-corrected chi connectivity index (χ4v) is 3.00. The molecule has 1 aromatic carbocycles. The molecule has 0 radical (unpaired) electrons. The molecule has 112 valence electrons. The van der Waals surface area contributed by atoms with Crippen molar-refractivity contribution in [2.75, 3.05) is 23.7 Å². The summed E-state index contributed by atoms with van der Waals surface area (Å²) in [4.78, 5) is 11.2. The Bertz CT molecular complexity index is 587. The van der Waals surface area contributed by atoms with Gasteiger partial charge in [0.1, 0.15) is 0 Å². The molecule has 0 unspecified atom stereocenters. The Balaban J connectivity index is 2.93. The zero-order chi connectivity index (χ0) is 15.3. The maximum absolute atomic E-state index is 11.9. The minimum atomic E-state index is -3.42. The van der Waals surface area contributed by atoms with Crippen LogP contribution in [-0.2, 0) is 14.8 Å². The lowest BCUT2D eigenvalue weighted by molar-refractivity contribution is -0.120. The average molecular weight is 319 g/mol. The number of carbonyl (C=O) groups is 1. The van der Waals surface area contributed by atoms with E-state index in [2.05, 4.69) is 5.32 Å². The Labute approximate surface area is 125 Å². The highest BCUT2D eigenvalue weighted by molar-refractivity contribution is 7.92. The SMILES string of the molecule is CCC(=O)NCCN(c1ccc(Cl)cc1C)S(C)(=O)=O. The molecular weight excluding hydrogens is 300 g/mol. The molecule has 20 heavy (non-hydrogen) atoms. The van der Waals surface area contributed by atoms with Crippen LogP contribution in [0.2, 0.25) is 5.02 Å². The lowest BCUT2D eigenvalue weighted by atomic mass is 10.2. The van der Waals surface area contributed by atoms with Crippen molar-refractivity contribution in [1.82, 2.24) is 5.32 Å². The van der Waals surface area contributed by atoms with Crippen LogP contribution in [0.25, 0.3) is 0 Å². The lowest BCUT2D eigenvalue weighted by Gasteiger charge is -2.24. The van der Waals surface area contributed by atoms with Gasteiger partial charge in [-0.3, -0.25) is 9.10 Å². The number of hydrogen-bond donors (Lipinski definition) is 1. The Morgan fingerprint density at radius 3 is 2.55 bits per heavy atom. The molecule has 0 aliphatic rings. The van der Waals surface area contributed by atoms with Gasteiger partial charge in [0.25, 0.3) is 0 Å². The number of aryl methyl sites for hydroxylation is 1. The molecule has 1 aromatic rings. The number of hydrogen-bond acceptors (Lipinski definition) is 3. The molecule has 0 saturated heterocycles. The highest BCUT2D eigenvalue weighted by atomic mass is 35.5. The van der Waals surface area contributed by atoms with Gasteiger partial charge in [0.15, 0.2) is 0 Å². The third-order valence-electron chi connectivity index (χ3n) is 2.79. The molecule has 0 aromatic heterocycles. The van der Waals surface area contributed by atoms with Gasteiger partial charge in [-0.15, -0.1) is 0 Å². The number of halogens is 1. The molecule has 1 N–H and O–H groups in total. The lowest BCUT2D eigenvalue weighted by Crippen LogP contribution is -2.38. The second kappa shape index (κ2) is 6.95. The zero-order valence-corrected chi connectivity index (χ0v) is 13.4. The van der Waals surface area contributed by atoms with Gasteiger partial charge < -0.3 is 5.32 Å². The Morgan fingerprint density at radius 2 is 2.05 bits per heavy atom. The van der Waals surface area contributed by atoms with Gasteiger partial charge in [0, 0.05) is 18.0 Å². The Morgan fingerprint density at radius 1 is 1.40 bits per heavy atom. The monoisotopic (exact) mass is 318 g/mol. The van der Waals surface area contributed by atoms with Crippen molar-refractivity contribution in [2.24, 2.45) is 0 Å². The molecule has 0 aliphatic carbocycles. The molecule has 7 heteroatoms. The predicted octanol–water partition coefficient (Wildman–Crippen LogP) is 1.94. The number of sulfonamides is 1. The van der Waals surface area contributed by atoms with Crippen LogP contribution >= 0.6 is 11.6 Å². The van der Waals surface area contributed by atoms with Gasteiger partial charge in [-0.1, -0.05) is 18.5 Å². The van der Waals surface area contributed by atoms with E-state index >= 15 is 0 Å². The summed E-state index contributed by atoms with van der Waals surface area (Å²) in [6.07, 6.45) is 1.52. The van der Waals surface area contributed by atoms with E-state index in [1.54, 1.807) is 32.0 Å². The molecule has 1 rings (SSSR count). The first kappa shape index (κ1) is 16.8. The molecule has 0 fully saturated rings. The smallest absolute Gasteiger partial charge is 0.232 e. The summed E-state index contributed by atoms with van der Waals surface area (Å²) in [6.45, 7) is 3.99. The number of rotatable bonds is 6. The number of anilines is 1. The molecule has 1 amide bonds. The van der Waals surface area contributed by atoms with E-state index in [1.165, 1.54) is 4.31 Å². The van der Waals surface area contributed by atoms with Gasteiger partial charge in [0.05, 0.1) is 18.5 Å². The van der Waals surface area contributed by atoms with E-state index in [0.717, 1.165) is 11.8 Å². The van der Waals surface area contributed by atoms with Crippen molar-refractivity contribution in [2.45, 2.75) is 20.3 Å². The summed E-state index contributed by atoms with van der Waals surface area (Å²) < 4.78 is 25.1. The third-order valence-corrected chi connectivity index (χ3v) is 4.20. The van der Waals surface area contributed by atoms with Crippen molar-refractivity contribution in [1.29, 1.82) is 0 Å². The molecule has 0 aliphatic heterocycles. The maximum atomic E-state index is 11.9. The van der Waals surface area contributed by atoms with E-state index in [0.29, 0.717) is 17.1 Å². The quantitative estimate of drug-likeness (QED) is 0.871. The second-order valence-electron chi connectivity index (χ2n) is 4.47. The van der Waals surface area contributed by atoms with Crippen molar-refractivity contribution in [3.63, 3.8) is 0 Å². The fraction of sp³-hybridized carbons (Fsp3) is 0.462. The first-order valence-electron chi connectivity index (χ1n) is 6.26. The largest absolute Gasteiger partial charge is 0.354 e. The van der Waals surface area contributed by atoms with E-state index in [-0.39, 0.29) is 19.0 Å². The summed E-state index contributed by atoms with van der Waals surface area (Å²) in [7, 11) is -3.42. The number of benzene rings is 1. The minimum Gasteiger partial charge on any atom is -0.354 e. The van der Waals surface area contributed by atoms with Gasteiger partial charge >= 0.3 is 0 Å². The number of nitrogens with zero attached hydrogens (tertiary/aromatic N) is 1. The molecule has 0 saturated carbocycles. The maximum Gasteiger partial charge on any atom is 0.232 e. The van der Waals surface area contributed by atoms with Crippen molar-refractivity contribution in [3.8, 4) is 0 Å². The van der Waals surface area contributed by atoms with Gasteiger partial charge in [-0.25, -0.2) is 8.42 Å². The van der Waals surface area contributed by atoms with Gasteiger partial charge in [-0.2, -0.15) is 0 Å². The zero-order valence-electron chi connectivity index (χ0n) is 11.8. The van der Waals surface area contributed by atoms with Crippen molar-refractivity contribution >= 4 is 33.2 Å². The first-order chi connectivity index (χ1) is 9.25. The normalized spacial score (nSPS) is 11.2. The fourth-order valence-electron chi connectivity index (χ4n) is 1.79. The van der Waals surface area contributed by atoms with Crippen LogP contribution in [0.5, 0.6) is 0 Å². The summed E-state index contributed by atoms with van der Waals surface area (Å²) in [6, 6.07) is 5.02. The van der Waals surface area contributed by atoms with E-state index in [4.69, 9.17) is 11.6 Å². The molecule has 0 bridgehead atoms. The number of carbonyl (C=O) groups excluding carboxylic acids is 1. The van der Waals surface area contributed by atoms with Crippen molar-refractivity contribution < 1.29 is 13.2 Å². The van der Waals surface area contributed by atoms with Crippen LogP contribution in [0, 0.1) is 6.92 Å². The number of amides is 1. The van der Waals surface area contributed by atoms with E-state index < -0.39 is 10.0 Å². The first-order valence-corrected chi connectivity index (χ1v) is 8.49. The highest BCUT2D eigenvalue weighted by Gasteiger charge is 2.19. The average Bonchev–Trinajstić information content (AvgIpc) is 2.34. The molecule has 0 heterocycles. The van der Waals surface area contributed by atoms with Crippen LogP contribution in [0.1, 0.15) is 18.9 Å². The second-order valence-corrected chi connectivity index (χ2v) is 6.81. The summed E-state index contributed by atoms with van der Waals surface area (Å²) in [5, 5.41) is 3.22. The van der Waals surface area contributed by atoms with Crippen LogP contribution in [0.4, 0.5) is 5.69 Å². The van der Waals surface area contributed by atoms with Gasteiger partial charge in [-0.05, 0) is 30.7 Å². The van der Waals surface area contributed by atoms with Crippen molar-refractivity contribution in [3.05, 3.63) is 28.8 Å². The van der Waals surface area contributed by atoms with Crippen LogP contribution < -0.4 is 9.62 Å². The minimum absolute atomic E-state index is 0.105. The van der Waals surface area contributed by atoms with Crippen LogP contribution in [0.3, 0.4) is 0 Å². The van der Waals surface area contributed by atoms with Gasteiger partial charge in [0.2, 0.25) is 15.9 Å². The Hall–Kier alpha value is -1.27.